The fraction of sp³-hybridized carbons (Fsp3) is 0.235. The van der Waals surface area contributed by atoms with Gasteiger partial charge < -0.3 is 21.1 Å². The van der Waals surface area contributed by atoms with E-state index in [2.05, 4.69) is 27.2 Å². The van der Waals surface area contributed by atoms with Crippen molar-refractivity contribution in [2.24, 2.45) is 16.6 Å². The van der Waals surface area contributed by atoms with Gasteiger partial charge in [-0.25, -0.2) is 4.98 Å². The standard InChI is InChI=1S/C17H21N5O2S/c1-3-19-9-8-15(18)22-17-21-14(11-25-17)16(23)20-10-12-4-6-13(24-2)7-5-12/h3-4,6-9,11-12H,1,5,10,18H2,2H3,(H,20,23)(H,21,22)/b15-8+,19-9-. The second kappa shape index (κ2) is 9.43. The lowest BCUT2D eigenvalue weighted by Gasteiger charge is -2.15. The number of nitrogens with two attached hydrogens (primary N) is 1. The summed E-state index contributed by atoms with van der Waals surface area (Å²) in [5.41, 5.74) is 6.13. The highest BCUT2D eigenvalue weighted by Gasteiger charge is 2.14. The van der Waals surface area contributed by atoms with Crippen LogP contribution in [0.25, 0.3) is 0 Å². The summed E-state index contributed by atoms with van der Waals surface area (Å²) < 4.78 is 5.14. The summed E-state index contributed by atoms with van der Waals surface area (Å²) in [6, 6.07) is 0. The molecule has 25 heavy (non-hydrogen) atoms. The Balaban J connectivity index is 1.83. The number of aromatic nitrogens is 1. The maximum atomic E-state index is 12.2. The van der Waals surface area contributed by atoms with Crippen LogP contribution in [-0.4, -0.2) is 30.8 Å². The molecule has 0 aromatic carbocycles. The molecule has 0 fully saturated rings. The van der Waals surface area contributed by atoms with E-state index in [4.69, 9.17) is 10.5 Å². The first-order valence-corrected chi connectivity index (χ1v) is 8.53. The van der Waals surface area contributed by atoms with Crippen molar-refractivity contribution < 1.29 is 9.53 Å². The SMILES string of the molecule is C=C/N=C\C=C(/N)Nc1nc(C(=O)NCC2C=CC(OC)=CC2)cs1. The lowest BCUT2D eigenvalue weighted by atomic mass is 10.00. The van der Waals surface area contributed by atoms with Gasteiger partial charge in [0.25, 0.3) is 5.91 Å². The first-order chi connectivity index (χ1) is 12.1. The summed E-state index contributed by atoms with van der Waals surface area (Å²) in [5, 5.41) is 8.01. The molecule has 8 heteroatoms. The molecule has 1 unspecified atom stereocenters. The number of thiazole rings is 1. The minimum Gasteiger partial charge on any atom is -0.497 e. The van der Waals surface area contributed by atoms with Gasteiger partial charge in [-0.1, -0.05) is 12.7 Å². The Kier molecular flexibility index (Phi) is 6.97. The van der Waals surface area contributed by atoms with Gasteiger partial charge in [0.15, 0.2) is 5.13 Å². The van der Waals surface area contributed by atoms with E-state index >= 15 is 0 Å². The molecule has 4 N–H and O–H groups in total. The van der Waals surface area contributed by atoms with Crippen LogP contribution < -0.4 is 16.4 Å². The van der Waals surface area contributed by atoms with Crippen molar-refractivity contribution in [3.8, 4) is 0 Å². The van der Waals surface area contributed by atoms with Crippen LogP contribution >= 0.6 is 11.3 Å². The lowest BCUT2D eigenvalue weighted by Crippen LogP contribution is -2.29. The van der Waals surface area contributed by atoms with Crippen molar-refractivity contribution in [2.45, 2.75) is 6.42 Å². The second-order valence-electron chi connectivity index (χ2n) is 5.14. The molecule has 2 rings (SSSR count). The predicted molar refractivity (Wildman–Crippen MR) is 101 cm³/mol. The van der Waals surface area contributed by atoms with Crippen LogP contribution in [0.5, 0.6) is 0 Å². The Hall–Kier alpha value is -2.87. The Morgan fingerprint density at radius 3 is 3.16 bits per heavy atom. The van der Waals surface area contributed by atoms with Gasteiger partial charge in [-0.15, -0.1) is 11.3 Å². The minimum absolute atomic E-state index is 0.213. The summed E-state index contributed by atoms with van der Waals surface area (Å²) in [4.78, 5) is 20.2. The van der Waals surface area contributed by atoms with Gasteiger partial charge in [0.05, 0.1) is 7.11 Å². The fourth-order valence-electron chi connectivity index (χ4n) is 2.05. The average Bonchev–Trinajstić information content (AvgIpc) is 3.09. The molecule has 1 amide bonds. The third-order valence-electron chi connectivity index (χ3n) is 3.35. The number of allylic oxidation sites excluding steroid dienone is 3. The monoisotopic (exact) mass is 359 g/mol. The zero-order valence-electron chi connectivity index (χ0n) is 13.9. The van der Waals surface area contributed by atoms with Crippen molar-refractivity contribution in [2.75, 3.05) is 19.0 Å². The van der Waals surface area contributed by atoms with Gasteiger partial charge in [0, 0.05) is 24.3 Å². The van der Waals surface area contributed by atoms with Crippen molar-refractivity contribution in [3.63, 3.8) is 0 Å². The van der Waals surface area contributed by atoms with Crippen LogP contribution in [0.4, 0.5) is 5.13 Å². The largest absolute Gasteiger partial charge is 0.497 e. The molecular weight excluding hydrogens is 338 g/mol. The molecule has 0 radical (unpaired) electrons. The molecule has 0 spiro atoms. The van der Waals surface area contributed by atoms with Crippen molar-refractivity contribution in [1.29, 1.82) is 0 Å². The molecule has 1 heterocycles. The molecule has 0 aliphatic heterocycles. The van der Waals surface area contributed by atoms with Crippen molar-refractivity contribution >= 4 is 28.6 Å². The second-order valence-corrected chi connectivity index (χ2v) is 6.00. The number of nitrogens with zero attached hydrogens (tertiary/aromatic N) is 2. The van der Waals surface area contributed by atoms with E-state index in [-0.39, 0.29) is 11.8 Å². The number of hydrogen-bond donors (Lipinski definition) is 3. The van der Waals surface area contributed by atoms with E-state index in [0.29, 0.717) is 23.2 Å². The molecule has 1 aromatic rings. The number of nitrogens with one attached hydrogen (secondary N) is 2. The predicted octanol–water partition coefficient (Wildman–Crippen LogP) is 2.41. The number of rotatable bonds is 8. The molecule has 1 aliphatic rings. The molecule has 0 saturated carbocycles. The zero-order valence-corrected chi connectivity index (χ0v) is 14.8. The van der Waals surface area contributed by atoms with Crippen molar-refractivity contribution in [3.05, 3.63) is 59.7 Å². The van der Waals surface area contributed by atoms with Crippen LogP contribution in [0.2, 0.25) is 0 Å². The highest BCUT2D eigenvalue weighted by molar-refractivity contribution is 7.13. The molecule has 1 aromatic heterocycles. The summed E-state index contributed by atoms with van der Waals surface area (Å²) in [6.45, 7) is 4.01. The van der Waals surface area contributed by atoms with Gasteiger partial charge in [0.1, 0.15) is 17.3 Å². The topological polar surface area (TPSA) is 102 Å². The molecule has 1 aliphatic carbocycles. The summed E-state index contributed by atoms with van der Waals surface area (Å²) in [6.07, 6.45) is 11.3. The number of hydrogen-bond acceptors (Lipinski definition) is 7. The van der Waals surface area contributed by atoms with Crippen LogP contribution in [-0.2, 0) is 4.74 Å². The number of aliphatic imine (C=N–C) groups is 1. The van der Waals surface area contributed by atoms with Crippen LogP contribution in [0.3, 0.4) is 0 Å². The Morgan fingerprint density at radius 2 is 2.48 bits per heavy atom. The normalized spacial score (nSPS) is 17.2. The van der Waals surface area contributed by atoms with Gasteiger partial charge in [-0.2, -0.15) is 0 Å². The zero-order chi connectivity index (χ0) is 18.1. The quantitative estimate of drug-likeness (QED) is 0.619. The first-order valence-electron chi connectivity index (χ1n) is 7.65. The highest BCUT2D eigenvalue weighted by Crippen LogP contribution is 2.18. The Morgan fingerprint density at radius 1 is 1.64 bits per heavy atom. The lowest BCUT2D eigenvalue weighted by molar-refractivity contribution is 0.0945. The number of carbonyl (C=O) groups is 1. The fourth-order valence-corrected chi connectivity index (χ4v) is 2.76. The van der Waals surface area contributed by atoms with E-state index in [1.54, 1.807) is 18.6 Å². The van der Waals surface area contributed by atoms with Gasteiger partial charge in [0.2, 0.25) is 0 Å². The van der Waals surface area contributed by atoms with Gasteiger partial charge in [-0.3, -0.25) is 9.79 Å². The first kappa shape index (κ1) is 18.5. The molecule has 1 atom stereocenters. The van der Waals surface area contributed by atoms with E-state index in [1.807, 2.05) is 18.2 Å². The number of anilines is 1. The number of methoxy groups -OCH3 is 1. The smallest absolute Gasteiger partial charge is 0.270 e. The maximum absolute atomic E-state index is 12.2. The Bertz CT molecular complexity index is 733. The molecule has 0 saturated heterocycles. The summed E-state index contributed by atoms with van der Waals surface area (Å²) in [5.74, 6) is 1.26. The van der Waals surface area contributed by atoms with Gasteiger partial charge >= 0.3 is 0 Å². The highest BCUT2D eigenvalue weighted by atomic mass is 32.1. The summed E-state index contributed by atoms with van der Waals surface area (Å²) >= 11 is 1.30. The minimum atomic E-state index is -0.213. The Labute approximate surface area is 150 Å². The van der Waals surface area contributed by atoms with E-state index in [9.17, 15) is 4.79 Å². The van der Waals surface area contributed by atoms with Crippen LogP contribution in [0.15, 0.2) is 59.0 Å². The van der Waals surface area contributed by atoms with Crippen LogP contribution in [0, 0.1) is 5.92 Å². The van der Waals surface area contributed by atoms with E-state index in [0.717, 1.165) is 12.2 Å². The average molecular weight is 359 g/mol. The third kappa shape index (κ3) is 5.92. The molecule has 7 nitrogen and oxygen atoms in total. The number of carbonyl (C=O) groups excluding carboxylic acids is 1. The maximum Gasteiger partial charge on any atom is 0.270 e. The number of ether oxygens (including phenoxy) is 1. The van der Waals surface area contributed by atoms with Crippen molar-refractivity contribution in [1.82, 2.24) is 10.3 Å². The molecule has 0 bridgehead atoms. The van der Waals surface area contributed by atoms with E-state index < -0.39 is 0 Å². The molecular formula is C17H21N5O2S. The summed E-state index contributed by atoms with van der Waals surface area (Å²) in [7, 11) is 1.64. The van der Waals surface area contributed by atoms with Gasteiger partial charge in [-0.05, 0) is 30.6 Å². The van der Waals surface area contributed by atoms with Crippen LogP contribution in [0.1, 0.15) is 16.9 Å². The van der Waals surface area contributed by atoms with E-state index in [1.165, 1.54) is 23.8 Å². The number of amides is 1. The molecule has 132 valence electrons. The third-order valence-corrected chi connectivity index (χ3v) is 4.11.